The number of fused-ring (bicyclic) bond motifs is 7. The number of carbonyl (C=O) groups excluding carboxylic acids is 1. The number of rotatable bonds is 0. The molecule has 0 radical (unpaired) electrons. The summed E-state index contributed by atoms with van der Waals surface area (Å²) in [5.41, 5.74) is 4.30. The summed E-state index contributed by atoms with van der Waals surface area (Å²) in [6.45, 7) is 3.85. The van der Waals surface area contributed by atoms with Crippen LogP contribution in [0.5, 0.6) is 5.75 Å². The average Bonchev–Trinajstić information content (AvgIpc) is 3.07. The van der Waals surface area contributed by atoms with Crippen LogP contribution in [0.3, 0.4) is 0 Å². The molecule has 2 aliphatic carbocycles. The molecule has 5 atom stereocenters. The first-order valence-electron chi connectivity index (χ1n) is 14.5. The molecule has 3 heterocycles. The largest absolute Gasteiger partial charge is 0.490 e. The number of ether oxygens (including phenoxy) is 3. The van der Waals surface area contributed by atoms with E-state index in [0.717, 1.165) is 74.0 Å². The predicted molar refractivity (Wildman–Crippen MR) is 155 cm³/mol. The molecule has 3 aliphatic heterocycles. The number of anilines is 1. The van der Waals surface area contributed by atoms with Crippen LogP contribution >= 0.6 is 23.5 Å². The second kappa shape index (κ2) is 10.8. The second-order valence-electron chi connectivity index (χ2n) is 12.0. The van der Waals surface area contributed by atoms with Crippen LogP contribution in [0, 0.1) is 11.8 Å². The van der Waals surface area contributed by atoms with Crippen molar-refractivity contribution in [1.82, 2.24) is 4.72 Å². The van der Waals surface area contributed by atoms with Gasteiger partial charge in [0, 0.05) is 47.9 Å². The van der Waals surface area contributed by atoms with E-state index in [1.54, 1.807) is 0 Å². The third-order valence-electron chi connectivity index (χ3n) is 9.68. The quantitative estimate of drug-likeness (QED) is 0.406. The monoisotopic (exact) mass is 568 g/mol. The molecule has 8 heteroatoms. The van der Waals surface area contributed by atoms with Gasteiger partial charge in [-0.05, 0) is 104 Å². The molecular weight excluding hydrogens is 532 g/mol. The van der Waals surface area contributed by atoms with Gasteiger partial charge in [0.2, 0.25) is 0 Å². The minimum Gasteiger partial charge on any atom is -0.490 e. The second-order valence-corrected chi connectivity index (χ2v) is 13.3. The Hall–Kier alpha value is -1.93. The van der Waals surface area contributed by atoms with Gasteiger partial charge in [-0.1, -0.05) is 17.7 Å². The van der Waals surface area contributed by atoms with Crippen molar-refractivity contribution in [3.8, 4) is 5.75 Å². The van der Waals surface area contributed by atoms with Crippen molar-refractivity contribution in [2.75, 3.05) is 43.6 Å². The lowest BCUT2D eigenvalue weighted by Crippen LogP contribution is -2.50. The van der Waals surface area contributed by atoms with E-state index in [9.17, 15) is 4.79 Å². The van der Waals surface area contributed by atoms with Gasteiger partial charge in [0.25, 0.3) is 5.91 Å². The zero-order valence-electron chi connectivity index (χ0n) is 22.3. The molecule has 7 rings (SSSR count). The summed E-state index contributed by atoms with van der Waals surface area (Å²) >= 11 is 7.84. The predicted octanol–water partition coefficient (Wildman–Crippen LogP) is 5.80. The van der Waals surface area contributed by atoms with Gasteiger partial charge in [-0.25, -0.2) is 0 Å². The Morgan fingerprint density at radius 2 is 2.03 bits per heavy atom. The number of amides is 1. The van der Waals surface area contributed by atoms with Crippen LogP contribution in [0.25, 0.3) is 0 Å². The van der Waals surface area contributed by atoms with E-state index in [0.29, 0.717) is 30.6 Å². The fourth-order valence-corrected chi connectivity index (χ4v) is 8.25. The Balaban J connectivity index is 1.26. The molecule has 6 nitrogen and oxygen atoms in total. The smallest absolute Gasteiger partial charge is 0.261 e. The van der Waals surface area contributed by atoms with Crippen molar-refractivity contribution in [1.29, 1.82) is 0 Å². The van der Waals surface area contributed by atoms with E-state index in [-0.39, 0.29) is 23.5 Å². The van der Waals surface area contributed by atoms with Gasteiger partial charge >= 0.3 is 0 Å². The van der Waals surface area contributed by atoms with Crippen molar-refractivity contribution in [3.05, 3.63) is 58.1 Å². The topological polar surface area (TPSA) is 60.0 Å². The van der Waals surface area contributed by atoms with Gasteiger partial charge in [0.1, 0.15) is 5.75 Å². The SMILES string of the molecule is O=C1NSCCO[C@@H]2CCO[C@@H](C2)[C@H]2CC[C@H]2CN2C[C@@]3(CCCc4cc(Cl)ccc43)COc3ccc1cc32. The van der Waals surface area contributed by atoms with Crippen LogP contribution in [0.2, 0.25) is 5.02 Å². The number of halogens is 1. The average molecular weight is 569 g/mol. The number of nitrogens with one attached hydrogen (secondary N) is 1. The Kier molecular flexibility index (Phi) is 7.20. The van der Waals surface area contributed by atoms with Crippen molar-refractivity contribution in [3.63, 3.8) is 0 Å². The molecule has 0 unspecified atom stereocenters. The maximum atomic E-state index is 13.1. The molecule has 208 valence electrons. The zero-order valence-corrected chi connectivity index (χ0v) is 23.9. The van der Waals surface area contributed by atoms with Crippen LogP contribution in [-0.2, 0) is 21.3 Å². The molecule has 1 saturated carbocycles. The molecule has 4 bridgehead atoms. The first-order chi connectivity index (χ1) is 19.1. The lowest BCUT2D eigenvalue weighted by atomic mass is 9.67. The van der Waals surface area contributed by atoms with Gasteiger partial charge in [-0.3, -0.25) is 9.52 Å². The third-order valence-corrected chi connectivity index (χ3v) is 10.6. The molecule has 1 saturated heterocycles. The molecule has 1 N–H and O–H groups in total. The summed E-state index contributed by atoms with van der Waals surface area (Å²) in [6, 6.07) is 12.3. The molecular formula is C31H37ClN2O4S. The van der Waals surface area contributed by atoms with Crippen molar-refractivity contribution in [2.45, 2.75) is 62.6 Å². The number of nitrogens with zero attached hydrogens (tertiary/aromatic N) is 1. The van der Waals surface area contributed by atoms with E-state index < -0.39 is 0 Å². The summed E-state index contributed by atoms with van der Waals surface area (Å²) in [6.07, 6.45) is 8.11. The van der Waals surface area contributed by atoms with Gasteiger partial charge < -0.3 is 19.1 Å². The van der Waals surface area contributed by atoms with E-state index >= 15 is 0 Å². The third kappa shape index (κ3) is 5.05. The van der Waals surface area contributed by atoms with Crippen LogP contribution in [0.4, 0.5) is 5.69 Å². The highest BCUT2D eigenvalue weighted by molar-refractivity contribution is 7.97. The molecule has 2 aromatic carbocycles. The van der Waals surface area contributed by atoms with Crippen molar-refractivity contribution >= 4 is 35.1 Å². The lowest BCUT2D eigenvalue weighted by Gasteiger charge is -2.47. The highest BCUT2D eigenvalue weighted by atomic mass is 35.5. The first kappa shape index (κ1) is 26.0. The fourth-order valence-electron chi connectivity index (χ4n) is 7.53. The summed E-state index contributed by atoms with van der Waals surface area (Å²) in [5, 5.41) is 0.800. The minimum absolute atomic E-state index is 0.0703. The van der Waals surface area contributed by atoms with Crippen LogP contribution in [-0.4, -0.2) is 56.8 Å². The molecule has 0 aromatic heterocycles. The number of benzene rings is 2. The fraction of sp³-hybridized carbons (Fsp3) is 0.581. The van der Waals surface area contributed by atoms with E-state index in [4.69, 9.17) is 25.8 Å². The molecule has 2 aromatic rings. The van der Waals surface area contributed by atoms with Gasteiger partial charge in [0.05, 0.1) is 31.1 Å². The van der Waals surface area contributed by atoms with Crippen LogP contribution in [0.15, 0.2) is 36.4 Å². The highest BCUT2D eigenvalue weighted by Crippen LogP contribution is 2.47. The van der Waals surface area contributed by atoms with Gasteiger partial charge in [-0.2, -0.15) is 0 Å². The molecule has 5 aliphatic rings. The maximum absolute atomic E-state index is 13.1. The molecule has 1 spiro atoms. The van der Waals surface area contributed by atoms with Crippen molar-refractivity contribution in [2.24, 2.45) is 11.8 Å². The Morgan fingerprint density at radius 1 is 1.08 bits per heavy atom. The number of carbonyl (C=O) groups is 1. The van der Waals surface area contributed by atoms with Gasteiger partial charge in [-0.15, -0.1) is 0 Å². The zero-order chi connectivity index (χ0) is 26.4. The van der Waals surface area contributed by atoms with Gasteiger partial charge in [0.15, 0.2) is 0 Å². The lowest BCUT2D eigenvalue weighted by molar-refractivity contribution is -0.115. The first-order valence-corrected chi connectivity index (χ1v) is 15.9. The Labute approximate surface area is 240 Å². The molecule has 1 amide bonds. The van der Waals surface area contributed by atoms with E-state index in [1.165, 1.54) is 35.9 Å². The standard InChI is InChI=1S/C31H37ClN2O4S/c32-23-5-7-26-20(14-23)2-1-10-31(26)18-34-17-22-3-6-25(22)29-16-24(9-11-37-29)36-12-13-39-33-30(35)21-4-8-28(38-19-31)27(34)15-21/h4-5,7-8,14-15,22,24-25,29H,1-3,6,9-13,16-19H2,(H,33,35)/t22-,24+,25-,29-,31-/m0/s1. The number of aryl methyl sites for hydroxylation is 1. The summed E-state index contributed by atoms with van der Waals surface area (Å²) in [5.74, 6) is 2.62. The number of hydrogen-bond donors (Lipinski definition) is 1. The Morgan fingerprint density at radius 3 is 2.92 bits per heavy atom. The van der Waals surface area contributed by atoms with E-state index in [1.807, 2.05) is 24.3 Å². The normalized spacial score (nSPS) is 32.6. The summed E-state index contributed by atoms with van der Waals surface area (Å²) in [7, 11) is 0. The van der Waals surface area contributed by atoms with Crippen LogP contribution in [0.1, 0.15) is 60.0 Å². The minimum atomic E-state index is -0.115. The summed E-state index contributed by atoms with van der Waals surface area (Å²) < 4.78 is 22.2. The van der Waals surface area contributed by atoms with E-state index in [2.05, 4.69) is 21.8 Å². The highest BCUT2D eigenvalue weighted by Gasteiger charge is 2.45. The molecule has 2 fully saturated rings. The van der Waals surface area contributed by atoms with Crippen molar-refractivity contribution < 1.29 is 19.0 Å². The molecule has 39 heavy (non-hydrogen) atoms. The summed E-state index contributed by atoms with van der Waals surface area (Å²) in [4.78, 5) is 15.6. The van der Waals surface area contributed by atoms with Crippen LogP contribution < -0.4 is 14.4 Å². The Bertz CT molecular complexity index is 1240. The number of hydrogen-bond acceptors (Lipinski definition) is 6. The maximum Gasteiger partial charge on any atom is 0.261 e.